The molecule has 0 amide bonds. The maximum absolute atomic E-state index is 13.8. The Morgan fingerprint density at radius 2 is 2.00 bits per heavy atom. The molecule has 2 aromatic carbocycles. The Kier molecular flexibility index (Phi) is 5.65. The van der Waals surface area contributed by atoms with Crippen LogP contribution < -0.4 is 0 Å². The van der Waals surface area contributed by atoms with Crippen molar-refractivity contribution in [3.8, 4) is 11.5 Å². The lowest BCUT2D eigenvalue weighted by molar-refractivity contribution is -0.384. The Bertz CT molecular complexity index is 1000. The van der Waals surface area contributed by atoms with Crippen LogP contribution in [0.3, 0.4) is 0 Å². The first-order valence-corrected chi connectivity index (χ1v) is 8.43. The van der Waals surface area contributed by atoms with Crippen LogP contribution in [0.1, 0.15) is 24.5 Å². The van der Waals surface area contributed by atoms with Crippen molar-refractivity contribution in [3.63, 3.8) is 0 Å². The third-order valence-corrected chi connectivity index (χ3v) is 4.16. The largest absolute Gasteiger partial charge is 0.452 e. The van der Waals surface area contributed by atoms with E-state index in [4.69, 9.17) is 20.8 Å². The number of esters is 1. The van der Waals surface area contributed by atoms with Crippen molar-refractivity contribution >= 4 is 23.3 Å². The smallest absolute Gasteiger partial charge is 0.311 e. The number of ether oxygens (including phenoxy) is 1. The van der Waals surface area contributed by atoms with Gasteiger partial charge in [0.2, 0.25) is 5.89 Å². The zero-order valence-corrected chi connectivity index (χ0v) is 15.2. The molecular formula is C18H13ClFN3O5. The quantitative estimate of drug-likeness (QED) is 0.342. The van der Waals surface area contributed by atoms with Crippen molar-refractivity contribution in [3.05, 3.63) is 74.9 Å². The lowest BCUT2D eigenvalue weighted by atomic mass is 10.1. The molecule has 0 saturated carbocycles. The lowest BCUT2D eigenvalue weighted by Crippen LogP contribution is -2.13. The molecule has 1 aromatic heterocycles. The van der Waals surface area contributed by atoms with Gasteiger partial charge in [0.15, 0.2) is 6.10 Å². The van der Waals surface area contributed by atoms with Crippen LogP contribution >= 0.6 is 11.6 Å². The Labute approximate surface area is 163 Å². The number of aromatic nitrogens is 2. The van der Waals surface area contributed by atoms with Crippen molar-refractivity contribution in [1.82, 2.24) is 10.2 Å². The second-order valence-electron chi connectivity index (χ2n) is 5.76. The molecule has 0 fully saturated rings. The molecule has 1 heterocycles. The predicted octanol–water partition coefficient (Wildman–Crippen LogP) is 4.28. The van der Waals surface area contributed by atoms with Gasteiger partial charge in [0.05, 0.1) is 11.3 Å². The molecule has 8 nitrogen and oxygen atoms in total. The van der Waals surface area contributed by atoms with E-state index in [2.05, 4.69) is 10.2 Å². The van der Waals surface area contributed by atoms with Crippen LogP contribution in [0.5, 0.6) is 0 Å². The standard InChI is InChI=1S/C18H13ClFN3O5/c1-10(27-16(24)9-13-14(19)3-2-4-15(13)20)17-21-22-18(28-17)11-5-7-12(8-6-11)23(25)26/h2-8,10H,9H2,1H3. The Balaban J connectivity index is 1.67. The zero-order chi connectivity index (χ0) is 20.3. The average Bonchev–Trinajstić information content (AvgIpc) is 3.15. The van der Waals surface area contributed by atoms with Crippen molar-refractivity contribution < 1.29 is 23.3 Å². The third-order valence-electron chi connectivity index (χ3n) is 3.80. The molecule has 1 atom stereocenters. The number of hydrogen-bond acceptors (Lipinski definition) is 7. The van der Waals surface area contributed by atoms with E-state index in [1.807, 2.05) is 0 Å². The molecule has 0 aliphatic rings. The molecule has 0 radical (unpaired) electrons. The highest BCUT2D eigenvalue weighted by atomic mass is 35.5. The van der Waals surface area contributed by atoms with E-state index in [0.29, 0.717) is 5.56 Å². The molecule has 3 aromatic rings. The monoisotopic (exact) mass is 405 g/mol. The van der Waals surface area contributed by atoms with Crippen molar-refractivity contribution in [2.45, 2.75) is 19.4 Å². The summed E-state index contributed by atoms with van der Waals surface area (Å²) in [5.74, 6) is -1.17. The van der Waals surface area contributed by atoms with Crippen LogP contribution in [0.4, 0.5) is 10.1 Å². The minimum Gasteiger partial charge on any atom is -0.452 e. The van der Waals surface area contributed by atoms with Gasteiger partial charge in [-0.25, -0.2) is 4.39 Å². The van der Waals surface area contributed by atoms with Gasteiger partial charge in [-0.2, -0.15) is 0 Å². The fourth-order valence-electron chi connectivity index (χ4n) is 2.38. The van der Waals surface area contributed by atoms with E-state index < -0.39 is 22.8 Å². The summed E-state index contributed by atoms with van der Waals surface area (Å²) in [6, 6.07) is 9.66. The number of hydrogen-bond donors (Lipinski definition) is 0. The fraction of sp³-hybridized carbons (Fsp3) is 0.167. The Morgan fingerprint density at radius 1 is 1.29 bits per heavy atom. The van der Waals surface area contributed by atoms with Crippen LogP contribution in [0.2, 0.25) is 5.02 Å². The number of nitro groups is 1. The molecule has 0 aliphatic carbocycles. The molecule has 144 valence electrons. The van der Waals surface area contributed by atoms with Gasteiger partial charge in [-0.15, -0.1) is 10.2 Å². The van der Waals surface area contributed by atoms with E-state index in [1.165, 1.54) is 49.4 Å². The molecule has 10 heteroatoms. The summed E-state index contributed by atoms with van der Waals surface area (Å²) < 4.78 is 24.4. The summed E-state index contributed by atoms with van der Waals surface area (Å²) in [5.41, 5.74) is 0.442. The number of halogens is 2. The first-order chi connectivity index (χ1) is 13.3. The predicted molar refractivity (Wildman–Crippen MR) is 96.0 cm³/mol. The highest BCUT2D eigenvalue weighted by molar-refractivity contribution is 6.31. The Hall–Kier alpha value is -3.33. The van der Waals surface area contributed by atoms with Gasteiger partial charge in [-0.3, -0.25) is 14.9 Å². The zero-order valence-electron chi connectivity index (χ0n) is 14.5. The fourth-order valence-corrected chi connectivity index (χ4v) is 2.61. The van der Waals surface area contributed by atoms with E-state index in [9.17, 15) is 19.3 Å². The van der Waals surface area contributed by atoms with Crippen LogP contribution in [0, 0.1) is 15.9 Å². The first kappa shape index (κ1) is 19.4. The summed E-state index contributed by atoms with van der Waals surface area (Å²) in [7, 11) is 0. The molecule has 0 saturated heterocycles. The summed E-state index contributed by atoms with van der Waals surface area (Å²) in [6.07, 6.45) is -1.23. The summed E-state index contributed by atoms with van der Waals surface area (Å²) in [4.78, 5) is 22.2. The van der Waals surface area contributed by atoms with Gasteiger partial charge in [0.1, 0.15) is 5.82 Å². The van der Waals surface area contributed by atoms with Crippen molar-refractivity contribution in [2.24, 2.45) is 0 Å². The molecule has 0 spiro atoms. The molecule has 3 rings (SSSR count). The molecule has 0 bridgehead atoms. The van der Waals surface area contributed by atoms with Crippen LogP contribution in [0.15, 0.2) is 46.9 Å². The summed E-state index contributed by atoms with van der Waals surface area (Å²) >= 11 is 5.90. The van der Waals surface area contributed by atoms with Gasteiger partial charge in [0.25, 0.3) is 11.6 Å². The van der Waals surface area contributed by atoms with Crippen molar-refractivity contribution in [2.75, 3.05) is 0 Å². The average molecular weight is 406 g/mol. The van der Waals surface area contributed by atoms with Crippen LogP contribution in [-0.4, -0.2) is 21.1 Å². The molecule has 0 N–H and O–H groups in total. The van der Waals surface area contributed by atoms with Gasteiger partial charge in [-0.05, 0) is 31.2 Å². The topological polar surface area (TPSA) is 108 Å². The lowest BCUT2D eigenvalue weighted by Gasteiger charge is -2.10. The molecule has 1 unspecified atom stereocenters. The number of carbonyl (C=O) groups is 1. The number of benzene rings is 2. The SMILES string of the molecule is CC(OC(=O)Cc1c(F)cccc1Cl)c1nnc(-c2ccc([N+](=O)[O-])cc2)o1. The highest BCUT2D eigenvalue weighted by Crippen LogP contribution is 2.25. The minimum atomic E-state index is -0.877. The third kappa shape index (κ3) is 4.32. The van der Waals surface area contributed by atoms with Crippen LogP contribution in [-0.2, 0) is 16.0 Å². The number of nitro benzene ring substituents is 1. The number of rotatable bonds is 6. The van der Waals surface area contributed by atoms with Gasteiger partial charge in [-0.1, -0.05) is 17.7 Å². The molecule has 28 heavy (non-hydrogen) atoms. The maximum atomic E-state index is 13.8. The van der Waals surface area contributed by atoms with E-state index in [1.54, 1.807) is 0 Å². The van der Waals surface area contributed by atoms with Crippen molar-refractivity contribution in [1.29, 1.82) is 0 Å². The second-order valence-corrected chi connectivity index (χ2v) is 6.17. The first-order valence-electron chi connectivity index (χ1n) is 8.05. The summed E-state index contributed by atoms with van der Waals surface area (Å²) in [5, 5.41) is 18.5. The van der Waals surface area contributed by atoms with Gasteiger partial charge in [0, 0.05) is 28.3 Å². The molecule has 0 aliphatic heterocycles. The van der Waals surface area contributed by atoms with E-state index >= 15 is 0 Å². The number of carbonyl (C=O) groups excluding carboxylic acids is 1. The Morgan fingerprint density at radius 3 is 2.64 bits per heavy atom. The van der Waals surface area contributed by atoms with Gasteiger partial charge >= 0.3 is 5.97 Å². The van der Waals surface area contributed by atoms with Crippen LogP contribution in [0.25, 0.3) is 11.5 Å². The van der Waals surface area contributed by atoms with Gasteiger partial charge < -0.3 is 9.15 Å². The summed E-state index contributed by atoms with van der Waals surface area (Å²) in [6.45, 7) is 1.52. The normalized spacial score (nSPS) is 11.8. The number of non-ortho nitro benzene ring substituents is 1. The number of nitrogens with zero attached hydrogens (tertiary/aromatic N) is 3. The second kappa shape index (κ2) is 8.13. The van der Waals surface area contributed by atoms with E-state index in [-0.39, 0.29) is 34.5 Å². The van der Waals surface area contributed by atoms with E-state index in [0.717, 1.165) is 0 Å². The highest BCUT2D eigenvalue weighted by Gasteiger charge is 2.21. The molecular weight excluding hydrogens is 393 g/mol. The minimum absolute atomic E-state index is 0.0290. The maximum Gasteiger partial charge on any atom is 0.311 e.